The van der Waals surface area contributed by atoms with Gasteiger partial charge in [-0.25, -0.2) is 0 Å². The van der Waals surface area contributed by atoms with Crippen molar-refractivity contribution in [2.75, 3.05) is 13.2 Å². The maximum Gasteiger partial charge on any atom is 0.0860 e. The molecule has 1 rings (SSSR count). The summed E-state index contributed by atoms with van der Waals surface area (Å²) in [5, 5.41) is 25.9. The molecule has 0 radical (unpaired) electrons. The van der Waals surface area contributed by atoms with E-state index in [1.807, 2.05) is 26.1 Å². The number of rotatable bonds is 7. The van der Waals surface area contributed by atoms with Gasteiger partial charge in [0, 0.05) is 31.1 Å². The van der Waals surface area contributed by atoms with Gasteiger partial charge < -0.3 is 15.5 Å². The summed E-state index contributed by atoms with van der Waals surface area (Å²) in [5.74, 6) is 0. The van der Waals surface area contributed by atoms with Crippen LogP contribution in [0.2, 0.25) is 0 Å². The molecule has 1 unspecified atom stereocenters. The van der Waals surface area contributed by atoms with Gasteiger partial charge in [0.15, 0.2) is 0 Å². The summed E-state index contributed by atoms with van der Waals surface area (Å²) in [7, 11) is 0. The Bertz CT molecular complexity index is 285. The zero-order valence-corrected chi connectivity index (χ0v) is 9.93. The van der Waals surface area contributed by atoms with Crippen LogP contribution in [0.1, 0.15) is 20.3 Å². The predicted molar refractivity (Wildman–Crippen MR) is 62.0 cm³/mol. The fourth-order valence-electron chi connectivity index (χ4n) is 1.45. The third-order valence-electron chi connectivity index (χ3n) is 2.51. The molecule has 1 aromatic rings. The van der Waals surface area contributed by atoms with Crippen molar-refractivity contribution in [1.82, 2.24) is 15.1 Å². The molecule has 16 heavy (non-hydrogen) atoms. The van der Waals surface area contributed by atoms with Crippen LogP contribution in [-0.4, -0.2) is 44.8 Å². The van der Waals surface area contributed by atoms with Gasteiger partial charge in [0.2, 0.25) is 0 Å². The Morgan fingerprint density at radius 3 is 2.81 bits per heavy atom. The topological polar surface area (TPSA) is 70.3 Å². The van der Waals surface area contributed by atoms with E-state index in [4.69, 9.17) is 5.11 Å². The molecule has 0 fully saturated rings. The molecule has 0 saturated carbocycles. The monoisotopic (exact) mass is 227 g/mol. The van der Waals surface area contributed by atoms with E-state index in [0.717, 1.165) is 0 Å². The molecule has 0 saturated heterocycles. The fraction of sp³-hybridized carbons (Fsp3) is 0.727. The van der Waals surface area contributed by atoms with Crippen LogP contribution in [0.3, 0.4) is 0 Å². The molecule has 0 amide bonds. The van der Waals surface area contributed by atoms with E-state index in [2.05, 4.69) is 10.4 Å². The van der Waals surface area contributed by atoms with E-state index < -0.39 is 6.10 Å². The highest BCUT2D eigenvalue weighted by Gasteiger charge is 2.17. The molecule has 1 atom stereocenters. The SMILES string of the molecule is CC(C)(CCO)NCC(O)Cn1cccn1. The first kappa shape index (κ1) is 13.2. The van der Waals surface area contributed by atoms with Crippen molar-refractivity contribution in [2.45, 2.75) is 38.5 Å². The maximum atomic E-state index is 9.77. The van der Waals surface area contributed by atoms with Crippen molar-refractivity contribution in [2.24, 2.45) is 0 Å². The van der Waals surface area contributed by atoms with Crippen molar-refractivity contribution in [1.29, 1.82) is 0 Å². The van der Waals surface area contributed by atoms with Crippen molar-refractivity contribution in [3.8, 4) is 0 Å². The summed E-state index contributed by atoms with van der Waals surface area (Å²) >= 11 is 0. The van der Waals surface area contributed by atoms with Crippen molar-refractivity contribution >= 4 is 0 Å². The van der Waals surface area contributed by atoms with Gasteiger partial charge in [-0.05, 0) is 26.3 Å². The van der Waals surface area contributed by atoms with Gasteiger partial charge >= 0.3 is 0 Å². The Hall–Kier alpha value is -0.910. The molecule has 1 heterocycles. The van der Waals surface area contributed by atoms with Crippen LogP contribution in [0.15, 0.2) is 18.5 Å². The van der Waals surface area contributed by atoms with Gasteiger partial charge in [-0.3, -0.25) is 4.68 Å². The molecule has 1 aromatic heterocycles. The van der Waals surface area contributed by atoms with Crippen molar-refractivity contribution in [3.63, 3.8) is 0 Å². The van der Waals surface area contributed by atoms with Crippen LogP contribution in [0.25, 0.3) is 0 Å². The van der Waals surface area contributed by atoms with Crippen LogP contribution >= 0.6 is 0 Å². The largest absolute Gasteiger partial charge is 0.396 e. The maximum absolute atomic E-state index is 9.77. The summed E-state index contributed by atoms with van der Waals surface area (Å²) in [6, 6.07) is 1.83. The smallest absolute Gasteiger partial charge is 0.0860 e. The van der Waals surface area contributed by atoms with Crippen LogP contribution in [0.4, 0.5) is 0 Å². The fourth-order valence-corrected chi connectivity index (χ4v) is 1.45. The van der Waals surface area contributed by atoms with Gasteiger partial charge in [-0.15, -0.1) is 0 Å². The third-order valence-corrected chi connectivity index (χ3v) is 2.51. The molecule has 92 valence electrons. The normalized spacial score (nSPS) is 14.0. The van der Waals surface area contributed by atoms with Crippen LogP contribution in [-0.2, 0) is 6.54 Å². The van der Waals surface area contributed by atoms with Crippen LogP contribution in [0, 0.1) is 0 Å². The molecular formula is C11H21N3O2. The first-order valence-electron chi connectivity index (χ1n) is 5.55. The number of hydrogen-bond donors (Lipinski definition) is 3. The average Bonchev–Trinajstić information content (AvgIpc) is 2.68. The zero-order valence-electron chi connectivity index (χ0n) is 9.93. The first-order valence-corrected chi connectivity index (χ1v) is 5.55. The molecule has 3 N–H and O–H groups in total. The van der Waals surface area contributed by atoms with E-state index in [1.165, 1.54) is 0 Å². The Morgan fingerprint density at radius 2 is 2.25 bits per heavy atom. The van der Waals surface area contributed by atoms with Gasteiger partial charge in [-0.2, -0.15) is 5.10 Å². The minimum absolute atomic E-state index is 0.148. The highest BCUT2D eigenvalue weighted by molar-refractivity contribution is 4.81. The highest BCUT2D eigenvalue weighted by Crippen LogP contribution is 2.07. The van der Waals surface area contributed by atoms with Gasteiger partial charge in [0.1, 0.15) is 0 Å². The quantitative estimate of drug-likeness (QED) is 0.613. The number of nitrogens with one attached hydrogen (secondary N) is 1. The third kappa shape index (κ3) is 4.74. The lowest BCUT2D eigenvalue weighted by Crippen LogP contribution is -2.44. The Kier molecular flexibility index (Phi) is 4.92. The lowest BCUT2D eigenvalue weighted by Gasteiger charge is -2.27. The van der Waals surface area contributed by atoms with E-state index in [1.54, 1.807) is 10.9 Å². The summed E-state index contributed by atoms with van der Waals surface area (Å²) < 4.78 is 1.70. The van der Waals surface area contributed by atoms with E-state index in [0.29, 0.717) is 19.5 Å². The second kappa shape index (κ2) is 5.98. The molecular weight excluding hydrogens is 206 g/mol. The summed E-state index contributed by atoms with van der Waals surface area (Å²) in [4.78, 5) is 0. The number of nitrogens with zero attached hydrogens (tertiary/aromatic N) is 2. The minimum Gasteiger partial charge on any atom is -0.396 e. The number of β-amino-alcohol motifs (C(OH)–C–C–N with tert-alkyl or cyclic N) is 1. The number of aliphatic hydroxyl groups excluding tert-OH is 2. The summed E-state index contributed by atoms with van der Waals surface area (Å²) in [6.45, 7) is 5.13. The van der Waals surface area contributed by atoms with Crippen LogP contribution < -0.4 is 5.32 Å². The van der Waals surface area contributed by atoms with Gasteiger partial charge in [0.05, 0.1) is 12.6 Å². The van der Waals surface area contributed by atoms with Crippen molar-refractivity contribution in [3.05, 3.63) is 18.5 Å². The second-order valence-corrected chi connectivity index (χ2v) is 4.62. The molecule has 0 aromatic carbocycles. The van der Waals surface area contributed by atoms with Crippen LogP contribution in [0.5, 0.6) is 0 Å². The second-order valence-electron chi connectivity index (χ2n) is 4.62. The van der Waals surface area contributed by atoms with Crippen molar-refractivity contribution < 1.29 is 10.2 Å². The summed E-state index contributed by atoms with van der Waals surface area (Å²) in [6.07, 6.45) is 3.71. The Balaban J connectivity index is 2.27. The van der Waals surface area contributed by atoms with E-state index in [9.17, 15) is 5.11 Å². The zero-order chi connectivity index (χ0) is 12.0. The van der Waals surface area contributed by atoms with E-state index in [-0.39, 0.29) is 12.1 Å². The molecule has 0 aliphatic carbocycles. The number of hydrogen-bond acceptors (Lipinski definition) is 4. The summed E-state index contributed by atoms with van der Waals surface area (Å²) in [5.41, 5.74) is -0.153. The van der Waals surface area contributed by atoms with Gasteiger partial charge in [0.25, 0.3) is 0 Å². The average molecular weight is 227 g/mol. The molecule has 5 heteroatoms. The number of aromatic nitrogens is 2. The lowest BCUT2D eigenvalue weighted by molar-refractivity contribution is 0.130. The molecule has 5 nitrogen and oxygen atoms in total. The molecule has 0 aliphatic heterocycles. The molecule has 0 bridgehead atoms. The van der Waals surface area contributed by atoms with E-state index >= 15 is 0 Å². The lowest BCUT2D eigenvalue weighted by atomic mass is 10.0. The number of aliphatic hydroxyl groups is 2. The standard InChI is InChI=1S/C11H21N3O2/c1-11(2,4-7-15)12-8-10(16)9-14-6-3-5-13-14/h3,5-6,10,12,15-16H,4,7-9H2,1-2H3. The minimum atomic E-state index is -0.474. The Labute approximate surface area is 96.1 Å². The van der Waals surface area contributed by atoms with Gasteiger partial charge in [-0.1, -0.05) is 0 Å². The predicted octanol–water partition coefficient (Wildman–Crippen LogP) is -0.00540. The first-order chi connectivity index (χ1) is 7.53. The highest BCUT2D eigenvalue weighted by atomic mass is 16.3. The molecule has 0 aliphatic rings. The Morgan fingerprint density at radius 1 is 1.50 bits per heavy atom. The molecule has 0 spiro atoms.